The molecule has 0 saturated heterocycles. The van der Waals surface area contributed by atoms with Crippen molar-refractivity contribution in [3.8, 4) is 0 Å². The molecule has 0 fully saturated rings. The fourth-order valence-electron chi connectivity index (χ4n) is 4.87. The van der Waals surface area contributed by atoms with Crippen molar-refractivity contribution in [2.24, 2.45) is 0 Å². The van der Waals surface area contributed by atoms with E-state index in [1.165, 1.54) is 51.4 Å². The van der Waals surface area contributed by atoms with Crippen LogP contribution in [0.15, 0.2) is 72.9 Å². The van der Waals surface area contributed by atoms with Gasteiger partial charge in [0.2, 0.25) is 0 Å². The predicted octanol–water partition coefficient (Wildman–Crippen LogP) is 11.8. The highest BCUT2D eigenvalue weighted by Gasteiger charge is 2.16. The molecule has 0 rings (SSSR count). The second kappa shape index (κ2) is 37.8. The fourth-order valence-corrected chi connectivity index (χ4v) is 4.87. The zero-order valence-electron chi connectivity index (χ0n) is 30.3. The topological polar surface area (TPSA) is 72.8 Å². The van der Waals surface area contributed by atoms with Gasteiger partial charge in [-0.15, -0.1) is 0 Å². The summed E-state index contributed by atoms with van der Waals surface area (Å²) < 4.78 is 10.6. The van der Waals surface area contributed by atoms with E-state index in [9.17, 15) is 14.7 Å². The summed E-state index contributed by atoms with van der Waals surface area (Å²) in [6, 6.07) is 0. The number of unbranched alkanes of at least 4 members (excludes halogenated alkanes) is 13. The maximum Gasteiger partial charge on any atom is 0.306 e. The predicted molar refractivity (Wildman–Crippen MR) is 200 cm³/mol. The molecule has 0 spiro atoms. The quantitative estimate of drug-likeness (QED) is 0.0433. The Balaban J connectivity index is 3.68. The van der Waals surface area contributed by atoms with E-state index < -0.39 is 6.10 Å². The average Bonchev–Trinajstić information content (AvgIpc) is 3.07. The molecule has 0 heterocycles. The van der Waals surface area contributed by atoms with Gasteiger partial charge < -0.3 is 14.6 Å². The maximum atomic E-state index is 12.1. The number of aliphatic hydroxyl groups excluding tert-OH is 1. The van der Waals surface area contributed by atoms with E-state index in [1.807, 2.05) is 0 Å². The van der Waals surface area contributed by atoms with E-state index in [2.05, 4.69) is 86.8 Å². The van der Waals surface area contributed by atoms with E-state index in [1.54, 1.807) is 0 Å². The lowest BCUT2D eigenvalue weighted by molar-refractivity contribution is -0.161. The summed E-state index contributed by atoms with van der Waals surface area (Å²) in [6.07, 6.45) is 49.5. The molecule has 0 aliphatic heterocycles. The molecule has 0 radical (unpaired) electrons. The Morgan fingerprint density at radius 3 is 1.43 bits per heavy atom. The Kier molecular flexibility index (Phi) is 35.7. The fraction of sp³-hybridized carbons (Fsp3) is 0.667. The van der Waals surface area contributed by atoms with E-state index in [0.29, 0.717) is 12.8 Å². The van der Waals surface area contributed by atoms with Gasteiger partial charge in [0.1, 0.15) is 6.61 Å². The SMILES string of the molecule is CC/C=C/C/C=C/C/C=C/C/C=C/C/C=C/CCCCCC(=O)OC[C@H](CO)OC(=O)CCCCCCC/C=C/CCCCCCC. The van der Waals surface area contributed by atoms with Crippen LogP contribution in [0.1, 0.15) is 162 Å². The van der Waals surface area contributed by atoms with Crippen LogP contribution in [0.4, 0.5) is 0 Å². The number of allylic oxidation sites excluding steroid dienone is 12. The first kappa shape index (κ1) is 44.3. The number of aliphatic hydroxyl groups is 1. The molecule has 47 heavy (non-hydrogen) atoms. The Morgan fingerprint density at radius 2 is 0.915 bits per heavy atom. The van der Waals surface area contributed by atoms with Gasteiger partial charge >= 0.3 is 11.9 Å². The zero-order chi connectivity index (χ0) is 34.3. The summed E-state index contributed by atoms with van der Waals surface area (Å²) in [5.41, 5.74) is 0. The standard InChI is InChI=1S/C42H70O5/c1-3-5-7-9-11-13-15-17-19-20-21-22-23-25-26-28-30-32-34-36-41(44)46-39-40(38-43)47-42(45)37-35-33-31-29-27-24-18-16-14-12-10-8-6-4-2/h5,7,11,13,16-19,21-22,25-26,40,43H,3-4,6,8-10,12,14-15,20,23-24,27-39H2,1-2H3/b7-5+,13-11+,18-16+,19-17+,22-21+,26-25+/t40-/m0/s1. The summed E-state index contributed by atoms with van der Waals surface area (Å²) in [5.74, 6) is -0.645. The molecule has 5 nitrogen and oxygen atoms in total. The van der Waals surface area contributed by atoms with Crippen LogP contribution in [0.5, 0.6) is 0 Å². The minimum Gasteiger partial charge on any atom is -0.462 e. The largest absolute Gasteiger partial charge is 0.462 e. The third-order valence-electron chi connectivity index (χ3n) is 7.73. The van der Waals surface area contributed by atoms with Crippen LogP contribution in [0, 0.1) is 0 Å². The molecule has 0 unspecified atom stereocenters. The van der Waals surface area contributed by atoms with Gasteiger partial charge in [-0.25, -0.2) is 0 Å². The van der Waals surface area contributed by atoms with Gasteiger partial charge in [0.25, 0.3) is 0 Å². The molecule has 5 heteroatoms. The molecule has 0 aromatic carbocycles. The minimum atomic E-state index is -0.791. The van der Waals surface area contributed by atoms with Gasteiger partial charge in [-0.05, 0) is 83.5 Å². The van der Waals surface area contributed by atoms with Crippen LogP contribution in [-0.2, 0) is 19.1 Å². The highest BCUT2D eigenvalue weighted by Crippen LogP contribution is 2.11. The molecular formula is C42H70O5. The summed E-state index contributed by atoms with van der Waals surface area (Å²) in [4.78, 5) is 24.2. The van der Waals surface area contributed by atoms with Crippen LogP contribution in [-0.4, -0.2) is 36.4 Å². The van der Waals surface area contributed by atoms with Crippen molar-refractivity contribution in [2.75, 3.05) is 13.2 Å². The van der Waals surface area contributed by atoms with Gasteiger partial charge in [0, 0.05) is 12.8 Å². The van der Waals surface area contributed by atoms with Gasteiger partial charge in [0.05, 0.1) is 6.61 Å². The smallest absolute Gasteiger partial charge is 0.306 e. The van der Waals surface area contributed by atoms with Gasteiger partial charge in [-0.3, -0.25) is 9.59 Å². The molecular weight excluding hydrogens is 584 g/mol. The van der Waals surface area contributed by atoms with Crippen molar-refractivity contribution < 1.29 is 24.2 Å². The normalized spacial score (nSPS) is 13.0. The Morgan fingerprint density at radius 1 is 0.511 bits per heavy atom. The molecule has 268 valence electrons. The van der Waals surface area contributed by atoms with Crippen LogP contribution in [0.3, 0.4) is 0 Å². The second-order valence-electron chi connectivity index (χ2n) is 12.3. The van der Waals surface area contributed by atoms with Gasteiger partial charge in [-0.2, -0.15) is 0 Å². The van der Waals surface area contributed by atoms with Crippen molar-refractivity contribution in [3.05, 3.63) is 72.9 Å². The van der Waals surface area contributed by atoms with E-state index in [4.69, 9.17) is 9.47 Å². The first-order valence-corrected chi connectivity index (χ1v) is 19.0. The van der Waals surface area contributed by atoms with Gasteiger partial charge in [0.15, 0.2) is 6.10 Å². The number of ether oxygens (including phenoxy) is 2. The first-order valence-electron chi connectivity index (χ1n) is 19.0. The number of hydrogen-bond donors (Lipinski definition) is 1. The molecule has 0 bridgehead atoms. The number of esters is 2. The minimum absolute atomic E-state index is 0.0899. The number of carbonyl (C=O) groups is 2. The zero-order valence-corrected chi connectivity index (χ0v) is 30.3. The number of hydrogen-bond acceptors (Lipinski definition) is 5. The molecule has 0 aliphatic rings. The lowest BCUT2D eigenvalue weighted by atomic mass is 10.1. The third-order valence-corrected chi connectivity index (χ3v) is 7.73. The molecule has 0 aromatic heterocycles. The molecule has 1 atom stereocenters. The third kappa shape index (κ3) is 36.0. The summed E-state index contributed by atoms with van der Waals surface area (Å²) >= 11 is 0. The van der Waals surface area contributed by atoms with Crippen molar-refractivity contribution in [1.29, 1.82) is 0 Å². The maximum absolute atomic E-state index is 12.1. The second-order valence-corrected chi connectivity index (χ2v) is 12.3. The number of rotatable bonds is 33. The van der Waals surface area contributed by atoms with Crippen LogP contribution in [0.25, 0.3) is 0 Å². The summed E-state index contributed by atoms with van der Waals surface area (Å²) in [6.45, 7) is 3.96. The highest BCUT2D eigenvalue weighted by molar-refractivity contribution is 5.70. The van der Waals surface area contributed by atoms with Gasteiger partial charge in [-0.1, -0.05) is 138 Å². The average molecular weight is 655 g/mol. The molecule has 0 saturated carbocycles. The molecule has 0 aromatic rings. The summed E-state index contributed by atoms with van der Waals surface area (Å²) in [5, 5.41) is 9.54. The van der Waals surface area contributed by atoms with Crippen LogP contribution in [0.2, 0.25) is 0 Å². The monoisotopic (exact) mass is 655 g/mol. The lowest BCUT2D eigenvalue weighted by Gasteiger charge is -2.15. The first-order chi connectivity index (χ1) is 23.1. The van der Waals surface area contributed by atoms with E-state index in [-0.39, 0.29) is 25.2 Å². The molecule has 1 N–H and O–H groups in total. The highest BCUT2D eigenvalue weighted by atomic mass is 16.6. The lowest BCUT2D eigenvalue weighted by Crippen LogP contribution is -2.28. The molecule has 0 aliphatic carbocycles. The van der Waals surface area contributed by atoms with E-state index >= 15 is 0 Å². The number of carbonyl (C=O) groups excluding carboxylic acids is 2. The Labute approximate surface area is 289 Å². The summed E-state index contributed by atoms with van der Waals surface area (Å²) in [7, 11) is 0. The van der Waals surface area contributed by atoms with Crippen molar-refractivity contribution in [3.63, 3.8) is 0 Å². The Hall–Kier alpha value is -2.66. The molecule has 0 amide bonds. The van der Waals surface area contributed by atoms with Crippen molar-refractivity contribution in [1.82, 2.24) is 0 Å². The van der Waals surface area contributed by atoms with Crippen LogP contribution >= 0.6 is 0 Å². The van der Waals surface area contributed by atoms with E-state index in [0.717, 1.165) is 83.5 Å². The van der Waals surface area contributed by atoms with Crippen LogP contribution < -0.4 is 0 Å². The Bertz CT molecular complexity index is 879. The van der Waals surface area contributed by atoms with Crippen molar-refractivity contribution in [2.45, 2.75) is 168 Å². The van der Waals surface area contributed by atoms with Crippen molar-refractivity contribution >= 4 is 11.9 Å².